The zero-order valence-corrected chi connectivity index (χ0v) is 12.4. The molecule has 0 aliphatic rings. The molecule has 0 radical (unpaired) electrons. The number of nitriles is 1. The molecule has 0 amide bonds. The second-order valence-electron chi connectivity index (χ2n) is 3.47. The van der Waals surface area contributed by atoms with Crippen molar-refractivity contribution in [2.45, 2.75) is 46.7 Å². The summed E-state index contributed by atoms with van der Waals surface area (Å²) in [7, 11) is -2.29. The summed E-state index contributed by atoms with van der Waals surface area (Å²) in [6.07, 6.45) is 2.13. The molecule has 0 saturated heterocycles. The molecule has 1 unspecified atom stereocenters. The summed E-state index contributed by atoms with van der Waals surface area (Å²) in [5.74, 6) is 0. The van der Waals surface area contributed by atoms with E-state index >= 15 is 0 Å². The van der Waals surface area contributed by atoms with Crippen LogP contribution in [0.15, 0.2) is 0 Å². The highest BCUT2D eigenvalue weighted by Crippen LogP contribution is 2.28. The summed E-state index contributed by atoms with van der Waals surface area (Å²) in [6.45, 7) is 10.1. The van der Waals surface area contributed by atoms with Gasteiger partial charge in [0.15, 0.2) is 14.8 Å². The van der Waals surface area contributed by atoms with Gasteiger partial charge in [0.1, 0.15) is 0 Å². The predicted octanol–water partition coefficient (Wildman–Crippen LogP) is 2.30. The Morgan fingerprint density at radius 3 is 2.00 bits per heavy atom. The van der Waals surface area contributed by atoms with Gasteiger partial charge in [-0.1, -0.05) is 0 Å². The maximum Gasteiger partial charge on any atom is 0.179 e. The second kappa shape index (κ2) is 12.3. The molecule has 102 valence electrons. The van der Waals surface area contributed by atoms with E-state index in [0.29, 0.717) is 18.7 Å². The molecule has 0 aromatic rings. The van der Waals surface area contributed by atoms with Crippen LogP contribution < -0.4 is 4.89 Å². The highest BCUT2D eigenvalue weighted by atomic mass is 35.5. The largest absolute Gasteiger partial charge is 0.782 e. The quantitative estimate of drug-likeness (QED) is 0.245. The minimum absolute atomic E-state index is 0.307. The van der Waals surface area contributed by atoms with Gasteiger partial charge in [0, 0.05) is 12.1 Å². The van der Waals surface area contributed by atoms with Crippen molar-refractivity contribution in [3.63, 3.8) is 0 Å². The van der Waals surface area contributed by atoms with Gasteiger partial charge >= 0.3 is 0 Å². The number of nitrogens with zero attached hydrogens (tertiary/aromatic N) is 2. The number of hydrogen-bond acceptors (Lipinski definition) is 6. The molecule has 0 aromatic carbocycles. The Labute approximate surface area is 109 Å². The SMILES string of the molecule is CC(C)N(C#N)C(C)C.CCOOP([O-])OCl. The van der Waals surface area contributed by atoms with Crippen LogP contribution in [0.25, 0.3) is 0 Å². The first kappa shape index (κ1) is 19.2. The Hall–Kier alpha value is -0.150. The molecular formula is C9H19ClN2O4P-. The average Bonchev–Trinajstić information content (AvgIpc) is 2.26. The van der Waals surface area contributed by atoms with Gasteiger partial charge in [-0.05, 0) is 34.6 Å². The van der Waals surface area contributed by atoms with Crippen LogP contribution in [0.1, 0.15) is 34.6 Å². The minimum Gasteiger partial charge on any atom is -0.782 e. The van der Waals surface area contributed by atoms with Crippen molar-refractivity contribution in [1.82, 2.24) is 4.90 Å². The predicted molar refractivity (Wildman–Crippen MR) is 64.3 cm³/mol. The molecule has 0 N–H and O–H groups in total. The molecule has 0 bridgehead atoms. The highest BCUT2D eigenvalue weighted by molar-refractivity contribution is 7.40. The van der Waals surface area contributed by atoms with E-state index in [9.17, 15) is 4.89 Å². The monoisotopic (exact) mass is 285 g/mol. The molecule has 0 heterocycles. The van der Waals surface area contributed by atoms with E-state index in [1.54, 1.807) is 11.8 Å². The van der Waals surface area contributed by atoms with Crippen LogP contribution in [-0.4, -0.2) is 23.6 Å². The second-order valence-corrected chi connectivity index (χ2v) is 4.62. The van der Waals surface area contributed by atoms with E-state index in [2.05, 4.69) is 31.7 Å². The molecule has 0 aliphatic carbocycles. The fourth-order valence-electron chi connectivity index (χ4n) is 0.934. The van der Waals surface area contributed by atoms with E-state index in [1.165, 1.54) is 0 Å². The molecule has 6 nitrogen and oxygen atoms in total. The third-order valence-corrected chi connectivity index (χ3v) is 2.19. The summed E-state index contributed by atoms with van der Waals surface area (Å²) in [4.78, 5) is 16.0. The van der Waals surface area contributed by atoms with E-state index in [1.807, 2.05) is 27.7 Å². The van der Waals surface area contributed by atoms with Crippen LogP contribution in [0, 0.1) is 11.5 Å². The molecule has 17 heavy (non-hydrogen) atoms. The lowest BCUT2D eigenvalue weighted by molar-refractivity contribution is -0.280. The van der Waals surface area contributed by atoms with Crippen molar-refractivity contribution >= 4 is 20.5 Å². The first-order chi connectivity index (χ1) is 7.90. The molecule has 0 aliphatic heterocycles. The van der Waals surface area contributed by atoms with Crippen LogP contribution >= 0.6 is 20.5 Å². The summed E-state index contributed by atoms with van der Waals surface area (Å²) in [5.41, 5.74) is 0. The van der Waals surface area contributed by atoms with Gasteiger partial charge in [-0.3, -0.25) is 0 Å². The van der Waals surface area contributed by atoms with Gasteiger partial charge in [0.2, 0.25) is 0 Å². The van der Waals surface area contributed by atoms with Gasteiger partial charge in [-0.25, -0.2) is 8.96 Å². The van der Waals surface area contributed by atoms with E-state index in [-0.39, 0.29) is 0 Å². The Morgan fingerprint density at radius 1 is 1.35 bits per heavy atom. The molecule has 0 saturated carbocycles. The number of halogens is 1. The lowest BCUT2D eigenvalue weighted by atomic mass is 10.2. The Kier molecular flexibility index (Phi) is 13.9. The first-order valence-electron chi connectivity index (χ1n) is 5.14. The molecule has 1 atom stereocenters. The number of hydrogen-bond donors (Lipinski definition) is 0. The van der Waals surface area contributed by atoms with Gasteiger partial charge in [0.05, 0.1) is 18.5 Å². The van der Waals surface area contributed by atoms with Gasteiger partial charge < -0.3 is 9.79 Å². The zero-order valence-electron chi connectivity index (χ0n) is 10.7. The molecule has 8 heteroatoms. The summed E-state index contributed by atoms with van der Waals surface area (Å²) in [5, 5.41) is 8.54. The normalized spacial score (nSPS) is 11.8. The average molecular weight is 286 g/mol. The van der Waals surface area contributed by atoms with E-state index in [0.717, 1.165) is 0 Å². The molecule has 0 rings (SSSR count). The highest BCUT2D eigenvalue weighted by Gasteiger charge is 2.08. The fraction of sp³-hybridized carbons (Fsp3) is 0.889. The van der Waals surface area contributed by atoms with Gasteiger partial charge in [-0.2, -0.15) is 9.94 Å². The lowest BCUT2D eigenvalue weighted by Gasteiger charge is -2.23. The summed E-state index contributed by atoms with van der Waals surface area (Å²) >= 11 is 4.60. The van der Waals surface area contributed by atoms with Crippen LogP contribution in [0.4, 0.5) is 0 Å². The third-order valence-electron chi connectivity index (χ3n) is 1.52. The molecule has 0 fully saturated rings. The first-order valence-corrected chi connectivity index (χ1v) is 6.54. The van der Waals surface area contributed by atoms with Gasteiger partial charge in [0.25, 0.3) is 0 Å². The Morgan fingerprint density at radius 2 is 1.82 bits per heavy atom. The molecular weight excluding hydrogens is 267 g/mol. The number of rotatable bonds is 6. The maximum atomic E-state index is 10.0. The smallest absolute Gasteiger partial charge is 0.179 e. The van der Waals surface area contributed by atoms with Gasteiger partial charge in [-0.15, -0.1) is 0 Å². The summed E-state index contributed by atoms with van der Waals surface area (Å²) < 4.78 is 7.68. The van der Waals surface area contributed by atoms with Crippen molar-refractivity contribution < 1.29 is 18.5 Å². The van der Waals surface area contributed by atoms with Crippen molar-refractivity contribution in [2.75, 3.05) is 6.61 Å². The minimum atomic E-state index is -2.29. The van der Waals surface area contributed by atoms with Crippen LogP contribution in [0.5, 0.6) is 0 Å². The van der Waals surface area contributed by atoms with Crippen molar-refractivity contribution in [1.29, 1.82) is 5.26 Å². The standard InChI is InChI=1S/C7H14N2.C2H5ClO4P/c1-6(2)9(5-8)7(3)4;1-2-5-7-8(4)6-3/h6-7H,1-4H3;2H2,1H3/q;-1. The maximum absolute atomic E-state index is 10.0. The Balaban J connectivity index is 0. The van der Waals surface area contributed by atoms with Crippen molar-refractivity contribution in [3.05, 3.63) is 0 Å². The summed E-state index contributed by atoms with van der Waals surface area (Å²) in [6, 6.07) is 0.657. The van der Waals surface area contributed by atoms with Crippen molar-refractivity contribution in [2.24, 2.45) is 0 Å². The lowest BCUT2D eigenvalue weighted by Crippen LogP contribution is -2.32. The van der Waals surface area contributed by atoms with Crippen LogP contribution in [0.3, 0.4) is 0 Å². The van der Waals surface area contributed by atoms with E-state index in [4.69, 9.17) is 5.26 Å². The fourth-order valence-corrected chi connectivity index (χ4v) is 1.22. The Bertz CT molecular complexity index is 206. The zero-order chi connectivity index (χ0) is 13.8. The molecule has 0 spiro atoms. The topological polar surface area (TPSA) is 77.8 Å². The van der Waals surface area contributed by atoms with Crippen LogP contribution in [0.2, 0.25) is 0 Å². The van der Waals surface area contributed by atoms with Crippen LogP contribution in [-0.2, 0) is 13.6 Å². The molecule has 0 aromatic heterocycles. The van der Waals surface area contributed by atoms with E-state index < -0.39 is 8.60 Å². The third kappa shape index (κ3) is 12.1. The van der Waals surface area contributed by atoms with Crippen molar-refractivity contribution in [3.8, 4) is 6.19 Å².